The highest BCUT2D eigenvalue weighted by Gasteiger charge is 2.15. The highest BCUT2D eigenvalue weighted by molar-refractivity contribution is 9.10. The molecule has 0 radical (unpaired) electrons. The topological polar surface area (TPSA) is 85.4 Å². The largest absolute Gasteiger partial charge is 0.368 e. The number of benzene rings is 1. The van der Waals surface area contributed by atoms with Crippen LogP contribution in [0, 0.1) is 17.0 Å². The maximum Gasteiger partial charge on any atom is 0.368 e. The van der Waals surface area contributed by atoms with Gasteiger partial charge < -0.3 is 15.4 Å². The van der Waals surface area contributed by atoms with E-state index in [-0.39, 0.29) is 5.82 Å². The van der Waals surface area contributed by atoms with E-state index in [0.29, 0.717) is 18.0 Å². The minimum Gasteiger partial charge on any atom is -0.363 e. The molecule has 0 aliphatic rings. The van der Waals surface area contributed by atoms with E-state index in [2.05, 4.69) is 31.3 Å². The summed E-state index contributed by atoms with van der Waals surface area (Å²) in [5.41, 5.74) is 2.72. The quantitative estimate of drug-likeness (QED) is 0.569. The minimum absolute atomic E-state index is 0.155. The predicted octanol–water partition coefficient (Wildman–Crippen LogP) is 3.32. The molecule has 0 saturated carbocycles. The number of fused-ring (bicyclic) bond motifs is 1. The molecule has 1 N–H and O–H groups in total. The van der Waals surface area contributed by atoms with E-state index < -0.39 is 4.92 Å². The Morgan fingerprint density at radius 2 is 2.18 bits per heavy atom. The number of nitrogens with zero attached hydrogens (tertiary/aromatic N) is 4. The number of halogens is 1. The van der Waals surface area contributed by atoms with Crippen molar-refractivity contribution < 1.29 is 4.92 Å². The first-order valence-corrected chi connectivity index (χ1v) is 7.32. The van der Waals surface area contributed by atoms with Crippen molar-refractivity contribution in [2.24, 2.45) is 0 Å². The molecule has 1 aromatic carbocycles. The summed E-state index contributed by atoms with van der Waals surface area (Å²) in [4.78, 5) is 14.4. The monoisotopic (exact) mass is 361 g/mol. The maximum atomic E-state index is 10.9. The number of imidazole rings is 1. The van der Waals surface area contributed by atoms with E-state index in [1.165, 1.54) is 10.7 Å². The third-order valence-corrected chi connectivity index (χ3v) is 3.80. The van der Waals surface area contributed by atoms with Crippen LogP contribution in [-0.4, -0.2) is 19.5 Å². The lowest BCUT2D eigenvalue weighted by Gasteiger charge is -2.08. The highest BCUT2D eigenvalue weighted by atomic mass is 79.9. The average Bonchev–Trinajstić information content (AvgIpc) is 2.91. The van der Waals surface area contributed by atoms with E-state index in [1.54, 1.807) is 12.1 Å². The van der Waals surface area contributed by atoms with Crippen molar-refractivity contribution in [3.8, 4) is 0 Å². The Bertz CT molecular complexity index is 862. The maximum absolute atomic E-state index is 10.9. The van der Waals surface area contributed by atoms with Gasteiger partial charge in [0.15, 0.2) is 5.82 Å². The van der Waals surface area contributed by atoms with Crippen LogP contribution in [0.1, 0.15) is 11.1 Å². The lowest BCUT2D eigenvalue weighted by atomic mass is 10.1. The Balaban J connectivity index is 1.86. The Labute approximate surface area is 134 Å². The fourth-order valence-electron chi connectivity index (χ4n) is 2.10. The van der Waals surface area contributed by atoms with Crippen LogP contribution in [0.15, 0.2) is 41.0 Å². The SMILES string of the molecule is Cc1ccc(Br)cc1CNc1ccc2ncc([N+](=O)[O-])n2n1. The van der Waals surface area contributed by atoms with Crippen molar-refractivity contribution >= 4 is 33.2 Å². The molecule has 2 heterocycles. The first kappa shape index (κ1) is 14.5. The number of nitro groups is 1. The van der Waals surface area contributed by atoms with E-state index in [0.717, 1.165) is 15.6 Å². The minimum atomic E-state index is -0.505. The van der Waals surface area contributed by atoms with Crippen LogP contribution in [0.2, 0.25) is 0 Å². The first-order chi connectivity index (χ1) is 10.5. The van der Waals surface area contributed by atoms with Crippen LogP contribution >= 0.6 is 15.9 Å². The van der Waals surface area contributed by atoms with Crippen molar-refractivity contribution in [3.05, 3.63) is 62.2 Å². The number of hydrogen-bond acceptors (Lipinski definition) is 5. The number of hydrogen-bond donors (Lipinski definition) is 1. The van der Waals surface area contributed by atoms with Crippen molar-refractivity contribution in [1.82, 2.24) is 14.6 Å². The molecule has 3 rings (SSSR count). The molecule has 0 atom stereocenters. The Hall–Kier alpha value is -2.48. The zero-order valence-corrected chi connectivity index (χ0v) is 13.2. The van der Waals surface area contributed by atoms with Gasteiger partial charge in [0, 0.05) is 17.1 Å². The second kappa shape index (κ2) is 5.72. The van der Waals surface area contributed by atoms with Gasteiger partial charge in [-0.25, -0.2) is 4.98 Å². The molecular formula is C14H12BrN5O2. The van der Waals surface area contributed by atoms with E-state index >= 15 is 0 Å². The fraction of sp³-hybridized carbons (Fsp3) is 0.143. The number of anilines is 1. The first-order valence-electron chi connectivity index (χ1n) is 6.52. The average molecular weight is 362 g/mol. The zero-order chi connectivity index (χ0) is 15.7. The van der Waals surface area contributed by atoms with Gasteiger partial charge in [0.1, 0.15) is 6.20 Å². The molecule has 0 saturated heterocycles. The summed E-state index contributed by atoms with van der Waals surface area (Å²) in [5, 5.41) is 18.3. The van der Waals surface area contributed by atoms with Gasteiger partial charge in [0.25, 0.3) is 0 Å². The van der Waals surface area contributed by atoms with Gasteiger partial charge in [0.05, 0.1) is 0 Å². The highest BCUT2D eigenvalue weighted by Crippen LogP contribution is 2.18. The molecule has 0 aliphatic heterocycles. The predicted molar refractivity (Wildman–Crippen MR) is 85.8 cm³/mol. The van der Waals surface area contributed by atoms with E-state index in [4.69, 9.17) is 0 Å². The lowest BCUT2D eigenvalue weighted by Crippen LogP contribution is -2.06. The molecule has 0 fully saturated rings. The number of nitrogens with one attached hydrogen (secondary N) is 1. The van der Waals surface area contributed by atoms with Gasteiger partial charge in [-0.05, 0) is 41.2 Å². The van der Waals surface area contributed by atoms with Crippen molar-refractivity contribution in [2.75, 3.05) is 5.32 Å². The number of rotatable bonds is 4. The second-order valence-electron chi connectivity index (χ2n) is 4.79. The summed E-state index contributed by atoms with van der Waals surface area (Å²) in [6.45, 7) is 2.60. The van der Waals surface area contributed by atoms with Crippen molar-refractivity contribution in [1.29, 1.82) is 0 Å². The van der Waals surface area contributed by atoms with Crippen LogP contribution < -0.4 is 5.32 Å². The molecule has 3 aromatic rings. The van der Waals surface area contributed by atoms with Crippen LogP contribution in [0.25, 0.3) is 5.65 Å². The smallest absolute Gasteiger partial charge is 0.363 e. The summed E-state index contributed by atoms with van der Waals surface area (Å²) < 4.78 is 2.22. The molecule has 7 nitrogen and oxygen atoms in total. The number of aromatic nitrogens is 3. The Morgan fingerprint density at radius 3 is 2.95 bits per heavy atom. The molecular weight excluding hydrogens is 350 g/mol. The van der Waals surface area contributed by atoms with Crippen molar-refractivity contribution in [3.63, 3.8) is 0 Å². The summed E-state index contributed by atoms with van der Waals surface area (Å²) in [7, 11) is 0. The van der Waals surface area contributed by atoms with Gasteiger partial charge in [-0.2, -0.15) is 0 Å². The van der Waals surface area contributed by atoms with Crippen molar-refractivity contribution in [2.45, 2.75) is 13.5 Å². The summed E-state index contributed by atoms with van der Waals surface area (Å²) in [5.74, 6) is 0.394. The van der Waals surface area contributed by atoms with Crippen LogP contribution in [-0.2, 0) is 6.54 Å². The van der Waals surface area contributed by atoms with Gasteiger partial charge in [-0.3, -0.25) is 0 Å². The van der Waals surface area contributed by atoms with E-state index in [9.17, 15) is 10.1 Å². The molecule has 2 aromatic heterocycles. The molecule has 8 heteroatoms. The molecule has 0 bridgehead atoms. The summed E-state index contributed by atoms with van der Waals surface area (Å²) >= 11 is 3.44. The number of aryl methyl sites for hydroxylation is 1. The molecule has 0 aliphatic carbocycles. The standard InChI is InChI=1S/C14H12BrN5O2/c1-9-2-3-11(15)6-10(9)7-16-12-4-5-13-17-8-14(20(21)22)19(13)18-12/h2-6,8H,7H2,1H3,(H,16,18). The lowest BCUT2D eigenvalue weighted by molar-refractivity contribution is -0.391. The normalized spacial score (nSPS) is 10.8. The summed E-state index contributed by atoms with van der Waals surface area (Å²) in [6.07, 6.45) is 1.20. The fourth-order valence-corrected chi connectivity index (χ4v) is 2.50. The van der Waals surface area contributed by atoms with Gasteiger partial charge in [0.2, 0.25) is 5.65 Å². The van der Waals surface area contributed by atoms with Gasteiger partial charge >= 0.3 is 5.82 Å². The van der Waals surface area contributed by atoms with E-state index in [1.807, 2.05) is 25.1 Å². The van der Waals surface area contributed by atoms with Crippen LogP contribution in [0.4, 0.5) is 11.6 Å². The van der Waals surface area contributed by atoms with Crippen LogP contribution in [0.5, 0.6) is 0 Å². The van der Waals surface area contributed by atoms with Gasteiger partial charge in [-0.1, -0.05) is 31.6 Å². The second-order valence-corrected chi connectivity index (χ2v) is 5.70. The molecule has 0 spiro atoms. The molecule has 0 amide bonds. The third kappa shape index (κ3) is 2.77. The summed E-state index contributed by atoms with van der Waals surface area (Å²) in [6, 6.07) is 9.48. The molecule has 0 unspecified atom stereocenters. The molecule has 22 heavy (non-hydrogen) atoms. The zero-order valence-electron chi connectivity index (χ0n) is 11.7. The van der Waals surface area contributed by atoms with Gasteiger partial charge in [-0.15, -0.1) is 0 Å². The van der Waals surface area contributed by atoms with Crippen LogP contribution in [0.3, 0.4) is 0 Å². The third-order valence-electron chi connectivity index (χ3n) is 3.30. The Kier molecular flexibility index (Phi) is 3.76. The Morgan fingerprint density at radius 1 is 1.36 bits per heavy atom. The molecule has 112 valence electrons.